The molecule has 1 amide bonds. The van der Waals surface area contributed by atoms with E-state index in [1.54, 1.807) is 0 Å². The van der Waals surface area contributed by atoms with E-state index < -0.39 is 0 Å². The van der Waals surface area contributed by atoms with E-state index in [1.807, 2.05) is 24.3 Å². The van der Waals surface area contributed by atoms with Crippen molar-refractivity contribution in [1.82, 2.24) is 0 Å². The topological polar surface area (TPSA) is 65.3 Å². The first-order chi connectivity index (χ1) is 10.7. The Hall–Kier alpha value is -2.56. The van der Waals surface area contributed by atoms with Gasteiger partial charge in [0.25, 0.3) is 5.91 Å². The van der Waals surface area contributed by atoms with Crippen molar-refractivity contribution in [2.75, 3.05) is 5.32 Å². The first-order valence-corrected chi connectivity index (χ1v) is 7.47. The molecule has 1 fully saturated rings. The van der Waals surface area contributed by atoms with Crippen LogP contribution < -0.4 is 14.8 Å². The predicted octanol–water partition coefficient (Wildman–Crippen LogP) is 2.89. The molecule has 0 unspecified atom stereocenters. The van der Waals surface area contributed by atoms with Crippen LogP contribution in [0.25, 0.3) is 0 Å². The van der Waals surface area contributed by atoms with Gasteiger partial charge in [0.1, 0.15) is 5.75 Å². The molecule has 5 heteroatoms. The van der Waals surface area contributed by atoms with E-state index in [4.69, 9.17) is 4.74 Å². The zero-order chi connectivity index (χ0) is 15.4. The summed E-state index contributed by atoms with van der Waals surface area (Å²) in [6.45, 7) is 0. The van der Waals surface area contributed by atoms with Crippen LogP contribution in [0, 0.1) is 5.21 Å². The van der Waals surface area contributed by atoms with Crippen molar-refractivity contribution in [2.45, 2.75) is 31.8 Å². The van der Waals surface area contributed by atoms with Gasteiger partial charge in [0.2, 0.25) is 0 Å². The lowest BCUT2D eigenvalue weighted by molar-refractivity contribution is -0.605. The molecule has 0 radical (unpaired) electrons. The second kappa shape index (κ2) is 6.47. The normalized spacial score (nSPS) is 14.7. The Morgan fingerprint density at radius 3 is 2.36 bits per heavy atom. The molecule has 1 aromatic heterocycles. The van der Waals surface area contributed by atoms with Gasteiger partial charge in [-0.1, -0.05) is 0 Å². The van der Waals surface area contributed by atoms with Gasteiger partial charge in [0, 0.05) is 17.8 Å². The standard InChI is InChI=1S/C17H18N2O3/c20-17(13-9-11-19(21)12-10-13)18-14-5-7-16(8-6-14)22-15-3-1-2-4-15/h5-12,15H,1-4H2,(H,18,20). The van der Waals surface area contributed by atoms with E-state index in [1.165, 1.54) is 37.4 Å². The van der Waals surface area contributed by atoms with Crippen molar-refractivity contribution in [3.8, 4) is 5.75 Å². The Morgan fingerprint density at radius 1 is 1.09 bits per heavy atom. The Kier molecular flexibility index (Phi) is 4.23. The van der Waals surface area contributed by atoms with Crippen LogP contribution in [0.5, 0.6) is 5.75 Å². The summed E-state index contributed by atoms with van der Waals surface area (Å²) in [6, 6.07) is 10.3. The molecular weight excluding hydrogens is 280 g/mol. The van der Waals surface area contributed by atoms with Crippen molar-refractivity contribution in [2.24, 2.45) is 0 Å². The summed E-state index contributed by atoms with van der Waals surface area (Å²) >= 11 is 0. The van der Waals surface area contributed by atoms with Crippen LogP contribution in [-0.2, 0) is 0 Å². The lowest BCUT2D eigenvalue weighted by Gasteiger charge is -2.13. The summed E-state index contributed by atoms with van der Waals surface area (Å²) in [5, 5.41) is 13.7. The van der Waals surface area contributed by atoms with Crippen molar-refractivity contribution < 1.29 is 14.3 Å². The van der Waals surface area contributed by atoms with Crippen LogP contribution in [-0.4, -0.2) is 12.0 Å². The highest BCUT2D eigenvalue weighted by molar-refractivity contribution is 6.04. The Balaban J connectivity index is 1.60. The molecule has 0 saturated heterocycles. The van der Waals surface area contributed by atoms with Gasteiger partial charge in [-0.05, 0) is 49.9 Å². The van der Waals surface area contributed by atoms with Gasteiger partial charge in [-0.25, -0.2) is 0 Å². The van der Waals surface area contributed by atoms with Gasteiger partial charge >= 0.3 is 0 Å². The third-order valence-electron chi connectivity index (χ3n) is 3.78. The average molecular weight is 298 g/mol. The highest BCUT2D eigenvalue weighted by Crippen LogP contribution is 2.25. The van der Waals surface area contributed by atoms with Crippen LogP contribution in [0.1, 0.15) is 36.0 Å². The molecule has 2 aromatic rings. The Morgan fingerprint density at radius 2 is 1.73 bits per heavy atom. The molecule has 1 N–H and O–H groups in total. The molecule has 114 valence electrons. The number of benzene rings is 1. The van der Waals surface area contributed by atoms with Crippen molar-refractivity contribution in [1.29, 1.82) is 0 Å². The fourth-order valence-corrected chi connectivity index (χ4v) is 2.58. The lowest BCUT2D eigenvalue weighted by Crippen LogP contribution is -2.25. The van der Waals surface area contributed by atoms with Crippen molar-refractivity contribution in [3.63, 3.8) is 0 Å². The predicted molar refractivity (Wildman–Crippen MR) is 82.7 cm³/mol. The largest absolute Gasteiger partial charge is 0.619 e. The van der Waals surface area contributed by atoms with E-state index in [0.717, 1.165) is 18.6 Å². The van der Waals surface area contributed by atoms with Crippen LogP contribution in [0.3, 0.4) is 0 Å². The molecule has 3 rings (SSSR count). The van der Waals surface area contributed by atoms with E-state index in [2.05, 4.69) is 5.32 Å². The molecule has 5 nitrogen and oxygen atoms in total. The third-order valence-corrected chi connectivity index (χ3v) is 3.78. The first kappa shape index (κ1) is 14.4. The van der Waals surface area contributed by atoms with Crippen molar-refractivity contribution >= 4 is 11.6 Å². The third kappa shape index (κ3) is 3.55. The van der Waals surface area contributed by atoms with Gasteiger partial charge in [-0.2, -0.15) is 4.73 Å². The highest BCUT2D eigenvalue weighted by Gasteiger charge is 2.16. The van der Waals surface area contributed by atoms with E-state index >= 15 is 0 Å². The number of amides is 1. The van der Waals surface area contributed by atoms with Gasteiger partial charge in [0.15, 0.2) is 12.4 Å². The molecule has 0 bridgehead atoms. The zero-order valence-corrected chi connectivity index (χ0v) is 12.2. The molecule has 1 aromatic carbocycles. The fourth-order valence-electron chi connectivity index (χ4n) is 2.58. The number of hydrogen-bond acceptors (Lipinski definition) is 3. The molecule has 0 spiro atoms. The molecule has 0 atom stereocenters. The van der Waals surface area contributed by atoms with Crippen LogP contribution in [0.2, 0.25) is 0 Å². The number of ether oxygens (including phenoxy) is 1. The Labute approximate surface area is 129 Å². The quantitative estimate of drug-likeness (QED) is 0.697. The van der Waals surface area contributed by atoms with E-state index in [0.29, 0.717) is 22.1 Å². The maximum Gasteiger partial charge on any atom is 0.256 e. The summed E-state index contributed by atoms with van der Waals surface area (Å²) in [5.41, 5.74) is 1.14. The van der Waals surface area contributed by atoms with Gasteiger partial charge in [-0.3, -0.25) is 4.79 Å². The molecule has 22 heavy (non-hydrogen) atoms. The number of hydrogen-bond donors (Lipinski definition) is 1. The maximum atomic E-state index is 12.0. The molecular formula is C17H18N2O3. The first-order valence-electron chi connectivity index (χ1n) is 7.47. The molecule has 1 aliphatic carbocycles. The summed E-state index contributed by atoms with van der Waals surface area (Å²) in [4.78, 5) is 12.0. The van der Waals surface area contributed by atoms with Crippen LogP contribution >= 0.6 is 0 Å². The van der Waals surface area contributed by atoms with Gasteiger partial charge in [0.05, 0.1) is 11.7 Å². The SMILES string of the molecule is O=C(Nc1ccc(OC2CCCC2)cc1)c1cc[n+]([O-])cc1. The summed E-state index contributed by atoms with van der Waals surface area (Å²) in [5.74, 6) is 0.585. The smallest absolute Gasteiger partial charge is 0.256 e. The number of aromatic nitrogens is 1. The number of carbonyl (C=O) groups excluding carboxylic acids is 1. The molecule has 1 heterocycles. The number of nitrogens with one attached hydrogen (secondary N) is 1. The molecule has 1 aliphatic rings. The zero-order valence-electron chi connectivity index (χ0n) is 12.2. The number of rotatable bonds is 4. The van der Waals surface area contributed by atoms with Crippen LogP contribution in [0.15, 0.2) is 48.8 Å². The van der Waals surface area contributed by atoms with Crippen LogP contribution in [0.4, 0.5) is 5.69 Å². The maximum absolute atomic E-state index is 12.0. The number of anilines is 1. The lowest BCUT2D eigenvalue weighted by atomic mass is 10.2. The molecule has 1 saturated carbocycles. The summed E-state index contributed by atoms with van der Waals surface area (Å²) in [7, 11) is 0. The van der Waals surface area contributed by atoms with Gasteiger partial charge < -0.3 is 15.3 Å². The molecule has 0 aliphatic heterocycles. The van der Waals surface area contributed by atoms with Crippen molar-refractivity contribution in [3.05, 3.63) is 59.6 Å². The minimum absolute atomic E-state index is 0.245. The number of pyridine rings is 1. The Bertz CT molecular complexity index is 632. The summed E-state index contributed by atoms with van der Waals surface area (Å²) in [6.07, 6.45) is 7.63. The monoisotopic (exact) mass is 298 g/mol. The second-order valence-corrected chi connectivity index (χ2v) is 5.45. The summed E-state index contributed by atoms with van der Waals surface area (Å²) < 4.78 is 6.53. The second-order valence-electron chi connectivity index (χ2n) is 5.45. The number of carbonyl (C=O) groups is 1. The van der Waals surface area contributed by atoms with Gasteiger partial charge in [-0.15, -0.1) is 0 Å². The van der Waals surface area contributed by atoms with E-state index in [-0.39, 0.29) is 5.91 Å². The highest BCUT2D eigenvalue weighted by atomic mass is 16.5. The average Bonchev–Trinajstić information content (AvgIpc) is 3.03. The number of nitrogens with zero attached hydrogens (tertiary/aromatic N) is 1. The minimum atomic E-state index is -0.245. The minimum Gasteiger partial charge on any atom is -0.619 e. The fraction of sp³-hybridized carbons (Fsp3) is 0.294. The van der Waals surface area contributed by atoms with E-state index in [9.17, 15) is 10.0 Å².